The number of aromatic amines is 1. The van der Waals surface area contributed by atoms with Gasteiger partial charge in [-0.05, 0) is 18.1 Å². The lowest BCUT2D eigenvalue weighted by molar-refractivity contribution is -0.154. The van der Waals surface area contributed by atoms with Crippen LogP contribution in [0.5, 0.6) is 5.88 Å². The van der Waals surface area contributed by atoms with Gasteiger partial charge < -0.3 is 15.0 Å². The maximum Gasteiger partial charge on any atom is 0.422 e. The number of aromatic nitrogens is 3. The van der Waals surface area contributed by atoms with Crippen molar-refractivity contribution < 1.29 is 22.7 Å². The second kappa shape index (κ2) is 9.22. The van der Waals surface area contributed by atoms with Crippen molar-refractivity contribution >= 4 is 5.91 Å². The molecule has 1 aromatic carbocycles. The van der Waals surface area contributed by atoms with Crippen molar-refractivity contribution in [1.82, 2.24) is 20.3 Å². The van der Waals surface area contributed by atoms with Gasteiger partial charge in [-0.25, -0.2) is 9.97 Å². The highest BCUT2D eigenvalue weighted by atomic mass is 19.4. The van der Waals surface area contributed by atoms with E-state index in [2.05, 4.69) is 25.0 Å². The molecule has 9 heteroatoms. The fourth-order valence-corrected chi connectivity index (χ4v) is 2.77. The quantitative estimate of drug-likeness (QED) is 0.604. The molecule has 29 heavy (non-hydrogen) atoms. The molecule has 152 valence electrons. The highest BCUT2D eigenvalue weighted by Crippen LogP contribution is 2.17. The number of benzene rings is 1. The van der Waals surface area contributed by atoms with E-state index in [4.69, 9.17) is 0 Å². The second-order valence-electron chi connectivity index (χ2n) is 6.41. The van der Waals surface area contributed by atoms with Gasteiger partial charge in [0.15, 0.2) is 6.61 Å². The molecule has 6 nitrogen and oxygen atoms in total. The van der Waals surface area contributed by atoms with Crippen molar-refractivity contribution in [1.29, 1.82) is 0 Å². The average Bonchev–Trinajstić information content (AvgIpc) is 3.20. The summed E-state index contributed by atoms with van der Waals surface area (Å²) >= 11 is 0. The molecule has 0 saturated carbocycles. The van der Waals surface area contributed by atoms with Crippen LogP contribution in [-0.2, 0) is 12.8 Å². The zero-order valence-electron chi connectivity index (χ0n) is 15.3. The van der Waals surface area contributed by atoms with Gasteiger partial charge in [-0.15, -0.1) is 0 Å². The Morgan fingerprint density at radius 3 is 2.59 bits per heavy atom. The fourth-order valence-electron chi connectivity index (χ4n) is 2.77. The van der Waals surface area contributed by atoms with Crippen LogP contribution in [0.1, 0.15) is 21.7 Å². The Morgan fingerprint density at radius 2 is 1.90 bits per heavy atom. The summed E-state index contributed by atoms with van der Waals surface area (Å²) in [6.07, 6.45) is -0.181. The topological polar surface area (TPSA) is 79.9 Å². The van der Waals surface area contributed by atoms with E-state index >= 15 is 0 Å². The Bertz CT molecular complexity index is 915. The molecule has 0 aliphatic rings. The van der Waals surface area contributed by atoms with Crippen molar-refractivity contribution in [3.8, 4) is 5.88 Å². The van der Waals surface area contributed by atoms with E-state index < -0.39 is 18.7 Å². The summed E-state index contributed by atoms with van der Waals surface area (Å²) in [6.45, 7) is -1.47. The lowest BCUT2D eigenvalue weighted by atomic mass is 10.0. The third kappa shape index (κ3) is 6.63. The third-order valence-corrected chi connectivity index (χ3v) is 4.02. The van der Waals surface area contributed by atoms with Gasteiger partial charge in [-0.1, -0.05) is 36.4 Å². The number of imidazole rings is 1. The van der Waals surface area contributed by atoms with Crippen molar-refractivity contribution in [3.63, 3.8) is 0 Å². The molecule has 3 aromatic rings. The summed E-state index contributed by atoms with van der Waals surface area (Å²) in [4.78, 5) is 23.5. The number of nitrogens with zero attached hydrogens (tertiary/aromatic N) is 2. The number of nitrogens with one attached hydrogen (secondary N) is 2. The number of carbonyl (C=O) groups excluding carboxylic acids is 1. The third-order valence-electron chi connectivity index (χ3n) is 4.02. The van der Waals surface area contributed by atoms with E-state index in [1.807, 2.05) is 30.3 Å². The fraction of sp³-hybridized carbons (Fsp3) is 0.250. The molecule has 0 fully saturated rings. The molecule has 0 bridgehead atoms. The van der Waals surface area contributed by atoms with Crippen molar-refractivity contribution in [2.24, 2.45) is 0 Å². The molecule has 1 atom stereocenters. The molecular formula is C20H19F3N4O2. The summed E-state index contributed by atoms with van der Waals surface area (Å²) in [6, 6.07) is 13.5. The van der Waals surface area contributed by atoms with E-state index in [0.29, 0.717) is 12.8 Å². The summed E-state index contributed by atoms with van der Waals surface area (Å²) in [5.74, 6) is -0.758. The number of hydrogen-bond acceptors (Lipinski definition) is 4. The molecule has 1 amide bonds. The number of hydrogen-bond donors (Lipinski definition) is 2. The van der Waals surface area contributed by atoms with Crippen LogP contribution in [0.25, 0.3) is 0 Å². The summed E-state index contributed by atoms with van der Waals surface area (Å²) < 4.78 is 41.6. The number of amides is 1. The highest BCUT2D eigenvalue weighted by Gasteiger charge is 2.28. The van der Waals surface area contributed by atoms with Crippen LogP contribution in [0, 0.1) is 0 Å². The van der Waals surface area contributed by atoms with E-state index in [1.165, 1.54) is 18.2 Å². The molecule has 0 saturated heterocycles. The smallest absolute Gasteiger partial charge is 0.422 e. The Morgan fingerprint density at radius 1 is 1.10 bits per heavy atom. The molecule has 1 unspecified atom stereocenters. The first kappa shape index (κ1) is 20.4. The number of alkyl halides is 3. The molecule has 2 heterocycles. The van der Waals surface area contributed by atoms with Gasteiger partial charge in [0.05, 0.1) is 6.33 Å². The van der Waals surface area contributed by atoms with Crippen LogP contribution in [0.2, 0.25) is 0 Å². The molecule has 0 aliphatic carbocycles. The highest BCUT2D eigenvalue weighted by molar-refractivity contribution is 5.92. The summed E-state index contributed by atoms with van der Waals surface area (Å²) in [7, 11) is 0. The van der Waals surface area contributed by atoms with Crippen LogP contribution in [-0.4, -0.2) is 39.7 Å². The van der Waals surface area contributed by atoms with Crippen molar-refractivity contribution in [2.75, 3.05) is 6.61 Å². The van der Waals surface area contributed by atoms with Gasteiger partial charge in [0, 0.05) is 30.4 Å². The number of carbonyl (C=O) groups is 1. The minimum absolute atomic E-state index is 0.0210. The van der Waals surface area contributed by atoms with Gasteiger partial charge >= 0.3 is 6.18 Å². The Balaban J connectivity index is 1.70. The van der Waals surface area contributed by atoms with Crippen LogP contribution in [0.15, 0.2) is 61.1 Å². The predicted molar refractivity (Wildman–Crippen MR) is 99.5 cm³/mol. The number of ether oxygens (including phenoxy) is 1. The van der Waals surface area contributed by atoms with Gasteiger partial charge in [0.1, 0.15) is 5.69 Å². The summed E-state index contributed by atoms with van der Waals surface area (Å²) in [5.41, 5.74) is 1.86. The first-order chi connectivity index (χ1) is 13.9. The Labute approximate surface area is 165 Å². The SMILES string of the molecule is O=C(NC(Cc1ccccc1)Cc1cnc[nH]1)c1cccc(OCC(F)(F)F)n1. The first-order valence-electron chi connectivity index (χ1n) is 8.88. The Kier molecular flexibility index (Phi) is 6.48. The van der Waals surface area contributed by atoms with Gasteiger partial charge in [-0.3, -0.25) is 4.79 Å². The lowest BCUT2D eigenvalue weighted by Crippen LogP contribution is -2.38. The van der Waals surface area contributed by atoms with Crippen LogP contribution < -0.4 is 10.1 Å². The maximum atomic E-state index is 12.6. The minimum Gasteiger partial charge on any atom is -0.468 e. The molecule has 3 rings (SSSR count). The molecule has 0 radical (unpaired) electrons. The van der Waals surface area contributed by atoms with Gasteiger partial charge in [-0.2, -0.15) is 13.2 Å². The Hall–Kier alpha value is -3.36. The molecule has 0 aliphatic heterocycles. The molecule has 2 aromatic heterocycles. The first-order valence-corrected chi connectivity index (χ1v) is 8.88. The van der Waals surface area contributed by atoms with Crippen LogP contribution in [0.4, 0.5) is 13.2 Å². The maximum absolute atomic E-state index is 12.6. The number of rotatable bonds is 8. The predicted octanol–water partition coefficient (Wildman–Crippen LogP) is 3.33. The summed E-state index contributed by atoms with van der Waals surface area (Å²) in [5, 5.41) is 2.89. The monoisotopic (exact) mass is 404 g/mol. The van der Waals surface area contributed by atoms with Gasteiger partial charge in [0.25, 0.3) is 5.91 Å². The van der Waals surface area contributed by atoms with Crippen LogP contribution in [0.3, 0.4) is 0 Å². The number of H-pyrrole nitrogens is 1. The van der Waals surface area contributed by atoms with E-state index in [-0.39, 0.29) is 17.6 Å². The number of pyridine rings is 1. The molecule has 0 spiro atoms. The van der Waals surface area contributed by atoms with Crippen LogP contribution >= 0.6 is 0 Å². The molecule has 2 N–H and O–H groups in total. The lowest BCUT2D eigenvalue weighted by Gasteiger charge is -2.18. The minimum atomic E-state index is -4.48. The zero-order chi connectivity index (χ0) is 20.7. The standard InChI is InChI=1S/C20H19F3N4O2/c21-20(22,23)12-29-18-8-4-7-17(27-18)19(28)26-15(10-16-11-24-13-25-16)9-14-5-2-1-3-6-14/h1-8,11,13,15H,9-10,12H2,(H,24,25)(H,26,28). The van der Waals surface area contributed by atoms with Crippen molar-refractivity contribution in [2.45, 2.75) is 25.1 Å². The number of halogens is 3. The largest absolute Gasteiger partial charge is 0.468 e. The zero-order valence-corrected chi connectivity index (χ0v) is 15.3. The normalized spacial score (nSPS) is 12.4. The van der Waals surface area contributed by atoms with E-state index in [0.717, 1.165) is 11.3 Å². The average molecular weight is 404 g/mol. The van der Waals surface area contributed by atoms with E-state index in [1.54, 1.807) is 12.5 Å². The van der Waals surface area contributed by atoms with Gasteiger partial charge in [0.2, 0.25) is 5.88 Å². The van der Waals surface area contributed by atoms with E-state index in [9.17, 15) is 18.0 Å². The second-order valence-corrected chi connectivity index (χ2v) is 6.41. The van der Waals surface area contributed by atoms with Crippen molar-refractivity contribution in [3.05, 3.63) is 78.0 Å². The molecular weight excluding hydrogens is 385 g/mol.